The summed E-state index contributed by atoms with van der Waals surface area (Å²) in [6.45, 7) is 4.21. The summed E-state index contributed by atoms with van der Waals surface area (Å²) in [5.41, 5.74) is 4.18. The van der Waals surface area contributed by atoms with E-state index in [1.807, 2.05) is 12.1 Å². The van der Waals surface area contributed by atoms with E-state index < -0.39 is 11.9 Å². The molecule has 1 aliphatic carbocycles. The smallest absolute Gasteiger partial charge is 0.273 e. The molecule has 150 valence electrons. The number of azo groups is 1. The maximum absolute atomic E-state index is 13.5. The van der Waals surface area contributed by atoms with E-state index in [0.29, 0.717) is 17.6 Å². The summed E-state index contributed by atoms with van der Waals surface area (Å²) in [4.78, 5) is 4.73. The van der Waals surface area contributed by atoms with E-state index in [0.717, 1.165) is 47.0 Å². The van der Waals surface area contributed by atoms with Crippen molar-refractivity contribution in [2.45, 2.75) is 51.7 Å². The number of nitrogens with zero attached hydrogens (tertiary/aromatic N) is 4. The first-order valence-electron chi connectivity index (χ1n) is 9.86. The molecule has 1 atom stereocenters. The minimum Gasteiger partial charge on any atom is -0.273 e. The lowest BCUT2D eigenvalue weighted by atomic mass is 9.82. The number of H-pyrrole nitrogens is 1. The van der Waals surface area contributed by atoms with Crippen LogP contribution in [0.2, 0.25) is 0 Å². The molecule has 3 aromatic rings. The SMILES string of the molecule is CC(C)C1N=Nc2ccc3nc(-c4cn[nH]c4C(F)(F)F)c4c(c3c21)CCCC4. The highest BCUT2D eigenvalue weighted by molar-refractivity contribution is 5.94. The second-order valence-corrected chi connectivity index (χ2v) is 8.08. The predicted molar refractivity (Wildman–Crippen MR) is 103 cm³/mol. The molecule has 0 radical (unpaired) electrons. The summed E-state index contributed by atoms with van der Waals surface area (Å²) in [5.74, 6) is 0.273. The van der Waals surface area contributed by atoms with E-state index in [1.54, 1.807) is 0 Å². The molecule has 1 unspecified atom stereocenters. The lowest BCUT2D eigenvalue weighted by Crippen LogP contribution is -2.12. The van der Waals surface area contributed by atoms with Crippen molar-refractivity contribution in [3.8, 4) is 11.3 Å². The van der Waals surface area contributed by atoms with Crippen molar-refractivity contribution in [3.05, 3.63) is 40.7 Å². The molecule has 0 saturated carbocycles. The van der Waals surface area contributed by atoms with Gasteiger partial charge < -0.3 is 0 Å². The van der Waals surface area contributed by atoms with Crippen LogP contribution in [-0.4, -0.2) is 15.2 Å². The number of aryl methyl sites for hydroxylation is 1. The van der Waals surface area contributed by atoms with Gasteiger partial charge >= 0.3 is 6.18 Å². The molecule has 0 amide bonds. The fourth-order valence-corrected chi connectivity index (χ4v) is 4.58. The van der Waals surface area contributed by atoms with Gasteiger partial charge in [0.1, 0.15) is 11.7 Å². The third-order valence-electron chi connectivity index (χ3n) is 5.88. The summed E-state index contributed by atoms with van der Waals surface area (Å²) in [7, 11) is 0. The number of hydrogen-bond acceptors (Lipinski definition) is 4. The van der Waals surface area contributed by atoms with E-state index in [1.165, 1.54) is 6.20 Å². The van der Waals surface area contributed by atoms with Gasteiger partial charge in [0.15, 0.2) is 0 Å². The molecule has 0 saturated heterocycles. The zero-order valence-electron chi connectivity index (χ0n) is 16.1. The van der Waals surface area contributed by atoms with Crippen LogP contribution < -0.4 is 0 Å². The van der Waals surface area contributed by atoms with E-state index in [-0.39, 0.29) is 17.5 Å². The number of pyridine rings is 1. The zero-order chi connectivity index (χ0) is 20.3. The molecule has 2 aliphatic rings. The van der Waals surface area contributed by atoms with Crippen LogP contribution in [0.15, 0.2) is 28.6 Å². The van der Waals surface area contributed by atoms with E-state index in [9.17, 15) is 13.2 Å². The van der Waals surface area contributed by atoms with Gasteiger partial charge in [-0.2, -0.15) is 28.5 Å². The van der Waals surface area contributed by atoms with Gasteiger partial charge in [-0.3, -0.25) is 5.10 Å². The molecular weight excluding hydrogens is 379 g/mol. The Morgan fingerprint density at radius 2 is 1.86 bits per heavy atom. The van der Waals surface area contributed by atoms with E-state index >= 15 is 0 Å². The molecule has 0 spiro atoms. The van der Waals surface area contributed by atoms with Gasteiger partial charge in [-0.25, -0.2) is 4.98 Å². The first-order chi connectivity index (χ1) is 13.9. The number of halogens is 3. The van der Waals surface area contributed by atoms with Crippen molar-refractivity contribution in [1.29, 1.82) is 0 Å². The maximum Gasteiger partial charge on any atom is 0.433 e. The quantitative estimate of drug-likeness (QED) is 0.548. The molecule has 29 heavy (non-hydrogen) atoms. The normalized spacial score (nSPS) is 18.5. The van der Waals surface area contributed by atoms with Crippen molar-refractivity contribution >= 4 is 16.6 Å². The number of nitrogens with one attached hydrogen (secondary N) is 1. The number of alkyl halides is 3. The van der Waals surface area contributed by atoms with Crippen LogP contribution >= 0.6 is 0 Å². The fourth-order valence-electron chi connectivity index (χ4n) is 4.58. The molecule has 1 N–H and O–H groups in total. The van der Waals surface area contributed by atoms with Gasteiger partial charge in [0.25, 0.3) is 0 Å². The molecular formula is C21H20F3N5. The summed E-state index contributed by atoms with van der Waals surface area (Å²) in [6.07, 6.45) is 0.197. The van der Waals surface area contributed by atoms with Crippen LogP contribution in [0, 0.1) is 5.92 Å². The molecule has 5 nitrogen and oxygen atoms in total. The predicted octanol–water partition coefficient (Wildman–Crippen LogP) is 6.32. The summed E-state index contributed by atoms with van der Waals surface area (Å²) >= 11 is 0. The average molecular weight is 399 g/mol. The standard InChI is InChI=1S/C21H20F3N5/c1-10(2)18-17-15(27-28-18)8-7-14-16(17)11-5-3-4-6-12(11)19(26-14)13-9-25-29-20(13)21(22,23)24/h7-10,18H,3-6H2,1-2H3,(H,25,29). The van der Waals surface area contributed by atoms with Crippen molar-refractivity contribution in [1.82, 2.24) is 15.2 Å². The van der Waals surface area contributed by atoms with Gasteiger partial charge in [-0.1, -0.05) is 13.8 Å². The molecule has 2 aromatic heterocycles. The molecule has 8 heteroatoms. The summed E-state index contributed by atoms with van der Waals surface area (Å²) < 4.78 is 40.5. The number of benzene rings is 1. The number of aromatic amines is 1. The van der Waals surface area contributed by atoms with Gasteiger partial charge in [-0.15, -0.1) is 0 Å². The molecule has 0 fully saturated rings. The average Bonchev–Trinajstić information content (AvgIpc) is 3.34. The van der Waals surface area contributed by atoms with Gasteiger partial charge in [0.2, 0.25) is 0 Å². The van der Waals surface area contributed by atoms with Crippen LogP contribution in [0.3, 0.4) is 0 Å². The Labute approximate surface area is 165 Å². The molecule has 3 heterocycles. The van der Waals surface area contributed by atoms with Crippen molar-refractivity contribution in [2.75, 3.05) is 0 Å². The Hall–Kier alpha value is -2.77. The van der Waals surface area contributed by atoms with E-state index in [2.05, 4.69) is 34.3 Å². The minimum atomic E-state index is -4.51. The van der Waals surface area contributed by atoms with Crippen molar-refractivity contribution in [3.63, 3.8) is 0 Å². The van der Waals surface area contributed by atoms with Crippen LogP contribution in [0.25, 0.3) is 22.2 Å². The highest BCUT2D eigenvalue weighted by Crippen LogP contribution is 2.48. The summed E-state index contributed by atoms with van der Waals surface area (Å²) in [5, 5.41) is 15.6. The Balaban J connectivity index is 1.82. The van der Waals surface area contributed by atoms with Crippen LogP contribution in [0.5, 0.6) is 0 Å². The van der Waals surface area contributed by atoms with Crippen LogP contribution in [-0.2, 0) is 19.0 Å². The highest BCUT2D eigenvalue weighted by Gasteiger charge is 2.38. The highest BCUT2D eigenvalue weighted by atomic mass is 19.4. The van der Waals surface area contributed by atoms with Crippen LogP contribution in [0.4, 0.5) is 18.9 Å². The number of aromatic nitrogens is 3. The van der Waals surface area contributed by atoms with Gasteiger partial charge in [0.05, 0.1) is 28.7 Å². The monoisotopic (exact) mass is 399 g/mol. The second kappa shape index (κ2) is 6.37. The van der Waals surface area contributed by atoms with E-state index in [4.69, 9.17) is 4.98 Å². The number of rotatable bonds is 2. The van der Waals surface area contributed by atoms with Crippen molar-refractivity contribution in [2.24, 2.45) is 16.1 Å². The topological polar surface area (TPSA) is 66.3 Å². The largest absolute Gasteiger partial charge is 0.433 e. The Kier molecular flexibility index (Phi) is 4.01. The minimum absolute atomic E-state index is 0.0211. The lowest BCUT2D eigenvalue weighted by Gasteiger charge is -2.24. The fraction of sp³-hybridized carbons (Fsp3) is 0.429. The first-order valence-corrected chi connectivity index (χ1v) is 9.86. The maximum atomic E-state index is 13.5. The van der Waals surface area contributed by atoms with Crippen molar-refractivity contribution < 1.29 is 13.2 Å². The van der Waals surface area contributed by atoms with Crippen LogP contribution in [0.1, 0.15) is 55.1 Å². The second-order valence-electron chi connectivity index (χ2n) is 8.08. The first kappa shape index (κ1) is 18.3. The Bertz CT molecular complexity index is 1140. The Morgan fingerprint density at radius 1 is 1.10 bits per heavy atom. The number of hydrogen-bond donors (Lipinski definition) is 1. The van der Waals surface area contributed by atoms with Gasteiger partial charge in [0, 0.05) is 10.9 Å². The zero-order valence-corrected chi connectivity index (χ0v) is 16.1. The molecule has 0 bridgehead atoms. The molecule has 1 aromatic carbocycles. The summed E-state index contributed by atoms with van der Waals surface area (Å²) in [6, 6.07) is 3.67. The number of fused-ring (bicyclic) bond motifs is 5. The molecule has 5 rings (SSSR count). The third-order valence-corrected chi connectivity index (χ3v) is 5.88. The Morgan fingerprint density at radius 3 is 2.59 bits per heavy atom. The molecule has 1 aliphatic heterocycles. The lowest BCUT2D eigenvalue weighted by molar-refractivity contribution is -0.140. The third kappa shape index (κ3) is 2.76. The van der Waals surface area contributed by atoms with Gasteiger partial charge in [-0.05, 0) is 54.9 Å².